The van der Waals surface area contributed by atoms with E-state index in [0.717, 1.165) is 19.3 Å². The fraction of sp³-hybridized carbons (Fsp3) is 0.400. The van der Waals surface area contributed by atoms with Crippen molar-refractivity contribution in [2.45, 2.75) is 38.3 Å². The van der Waals surface area contributed by atoms with Crippen LogP contribution in [0.4, 0.5) is 4.39 Å². The molecule has 1 aromatic carbocycles. The summed E-state index contributed by atoms with van der Waals surface area (Å²) in [6.07, 6.45) is 3.08. The van der Waals surface area contributed by atoms with Gasteiger partial charge in [-0.25, -0.2) is 9.37 Å². The molecule has 1 radical (unpaired) electrons. The van der Waals surface area contributed by atoms with Crippen LogP contribution in [0.2, 0.25) is 0 Å². The number of nitrogens with zero attached hydrogens (tertiary/aromatic N) is 2. The SMILES string of the molecule is [CH2]C1c2nc(C(=O)NCc3ccc(F)cc3)c(O)c(=O)n2CC2CCC1C2. The molecule has 1 fully saturated rings. The predicted molar refractivity (Wildman–Crippen MR) is 96.7 cm³/mol. The molecule has 2 aromatic rings. The molecule has 4 rings (SSSR count). The Balaban J connectivity index is 1.62. The van der Waals surface area contributed by atoms with Gasteiger partial charge in [-0.05, 0) is 55.7 Å². The molecule has 2 bridgehead atoms. The molecular weight excluding hydrogens is 349 g/mol. The molecular formula is C20H21FN3O3. The summed E-state index contributed by atoms with van der Waals surface area (Å²) in [4.78, 5) is 29.5. The first kappa shape index (κ1) is 17.7. The minimum Gasteiger partial charge on any atom is -0.501 e. The second kappa shape index (κ2) is 6.79. The molecule has 7 heteroatoms. The van der Waals surface area contributed by atoms with Crippen molar-refractivity contribution in [2.75, 3.05) is 0 Å². The lowest BCUT2D eigenvalue weighted by molar-refractivity contribution is 0.0941. The summed E-state index contributed by atoms with van der Waals surface area (Å²) in [7, 11) is 0. The van der Waals surface area contributed by atoms with Crippen LogP contribution in [0.1, 0.15) is 47.1 Å². The van der Waals surface area contributed by atoms with E-state index >= 15 is 0 Å². The predicted octanol–water partition coefficient (Wildman–Crippen LogP) is 2.37. The molecule has 1 aliphatic heterocycles. The third-order valence-electron chi connectivity index (χ3n) is 5.68. The Labute approximate surface area is 156 Å². The van der Waals surface area contributed by atoms with Crippen LogP contribution in [-0.4, -0.2) is 20.6 Å². The molecule has 1 aromatic heterocycles. The number of hydrogen-bond donors (Lipinski definition) is 2. The molecule has 3 atom stereocenters. The van der Waals surface area contributed by atoms with Gasteiger partial charge in [0, 0.05) is 19.0 Å². The van der Waals surface area contributed by atoms with Crippen LogP contribution in [0.5, 0.6) is 5.75 Å². The van der Waals surface area contributed by atoms with Crippen LogP contribution in [-0.2, 0) is 13.1 Å². The van der Waals surface area contributed by atoms with Gasteiger partial charge in [0.15, 0.2) is 5.69 Å². The average Bonchev–Trinajstić information content (AvgIpc) is 3.07. The first-order valence-electron chi connectivity index (χ1n) is 9.13. The number of carbonyl (C=O) groups is 1. The fourth-order valence-corrected chi connectivity index (χ4v) is 4.16. The monoisotopic (exact) mass is 370 g/mol. The molecule has 27 heavy (non-hydrogen) atoms. The van der Waals surface area contributed by atoms with Gasteiger partial charge in [-0.15, -0.1) is 0 Å². The zero-order chi connectivity index (χ0) is 19.1. The Hall–Kier alpha value is -2.70. The summed E-state index contributed by atoms with van der Waals surface area (Å²) in [6, 6.07) is 5.71. The molecule has 0 spiro atoms. The van der Waals surface area contributed by atoms with E-state index in [2.05, 4.69) is 17.2 Å². The number of carbonyl (C=O) groups excluding carboxylic acids is 1. The lowest BCUT2D eigenvalue weighted by Gasteiger charge is -2.21. The van der Waals surface area contributed by atoms with Gasteiger partial charge >= 0.3 is 0 Å². The highest BCUT2D eigenvalue weighted by atomic mass is 19.1. The van der Waals surface area contributed by atoms with E-state index in [1.165, 1.54) is 16.7 Å². The lowest BCUT2D eigenvalue weighted by atomic mass is 9.92. The van der Waals surface area contributed by atoms with E-state index in [0.29, 0.717) is 29.8 Å². The standard InChI is InChI=1S/C20H21FN3O3/c1-11-14-5-2-13(8-14)10-24-18(11)23-16(17(25)20(24)27)19(26)22-9-12-3-6-15(21)7-4-12/h3-4,6-7,11,13-14,25H,1-2,5,8-10H2,(H,22,26). The highest BCUT2D eigenvalue weighted by Gasteiger charge is 2.37. The molecule has 2 N–H and O–H groups in total. The Bertz CT molecular complexity index is 939. The van der Waals surface area contributed by atoms with Crippen LogP contribution in [0.15, 0.2) is 29.1 Å². The number of hydrogen-bond acceptors (Lipinski definition) is 4. The van der Waals surface area contributed by atoms with E-state index in [1.54, 1.807) is 12.1 Å². The van der Waals surface area contributed by atoms with E-state index in [4.69, 9.17) is 0 Å². The van der Waals surface area contributed by atoms with Crippen LogP contribution in [0, 0.1) is 24.6 Å². The van der Waals surface area contributed by atoms with Crippen molar-refractivity contribution in [1.82, 2.24) is 14.9 Å². The maximum Gasteiger partial charge on any atom is 0.296 e. The zero-order valence-electron chi connectivity index (χ0n) is 14.8. The number of aromatic nitrogens is 2. The van der Waals surface area contributed by atoms with Crippen molar-refractivity contribution >= 4 is 5.91 Å². The summed E-state index contributed by atoms with van der Waals surface area (Å²) in [5, 5.41) is 12.9. The second-order valence-electron chi connectivity index (χ2n) is 7.44. The van der Waals surface area contributed by atoms with Crippen molar-refractivity contribution in [3.8, 4) is 5.75 Å². The first-order valence-corrected chi connectivity index (χ1v) is 9.13. The van der Waals surface area contributed by atoms with Gasteiger partial charge in [-0.1, -0.05) is 12.1 Å². The molecule has 2 heterocycles. The molecule has 0 saturated heterocycles. The Kier molecular flexibility index (Phi) is 4.45. The number of rotatable bonds is 3. The van der Waals surface area contributed by atoms with Gasteiger partial charge < -0.3 is 10.4 Å². The van der Waals surface area contributed by atoms with Gasteiger partial charge in [0.05, 0.1) is 0 Å². The third kappa shape index (κ3) is 3.22. The summed E-state index contributed by atoms with van der Waals surface area (Å²) in [6.45, 7) is 4.82. The lowest BCUT2D eigenvalue weighted by Crippen LogP contribution is -2.33. The number of aromatic hydroxyl groups is 1. The van der Waals surface area contributed by atoms with E-state index in [9.17, 15) is 19.1 Å². The molecule has 1 saturated carbocycles. The van der Waals surface area contributed by atoms with Gasteiger partial charge in [0.1, 0.15) is 11.6 Å². The van der Waals surface area contributed by atoms with Crippen LogP contribution in [0.3, 0.4) is 0 Å². The maximum absolute atomic E-state index is 13.0. The van der Waals surface area contributed by atoms with Crippen molar-refractivity contribution < 1.29 is 14.3 Å². The van der Waals surface area contributed by atoms with Crippen molar-refractivity contribution in [2.24, 2.45) is 11.8 Å². The molecule has 141 valence electrons. The smallest absolute Gasteiger partial charge is 0.296 e. The minimum atomic E-state index is -0.640. The van der Waals surface area contributed by atoms with Gasteiger partial charge in [-0.2, -0.15) is 0 Å². The Morgan fingerprint density at radius 2 is 2.07 bits per heavy atom. The topological polar surface area (TPSA) is 84.2 Å². The summed E-state index contributed by atoms with van der Waals surface area (Å²) in [5.74, 6) is -0.627. The van der Waals surface area contributed by atoms with Crippen molar-refractivity contribution in [3.05, 3.63) is 64.4 Å². The highest BCUT2D eigenvalue weighted by Crippen LogP contribution is 2.43. The normalized spacial score (nSPS) is 23.6. The molecule has 1 aliphatic carbocycles. The Morgan fingerprint density at radius 1 is 1.33 bits per heavy atom. The number of halogens is 1. The van der Waals surface area contributed by atoms with E-state index < -0.39 is 17.2 Å². The van der Waals surface area contributed by atoms with Crippen LogP contribution >= 0.6 is 0 Å². The number of nitrogens with one attached hydrogen (secondary N) is 1. The average molecular weight is 370 g/mol. The first-order chi connectivity index (χ1) is 12.9. The summed E-state index contributed by atoms with van der Waals surface area (Å²) in [5.41, 5.74) is -0.170. The molecule has 2 aliphatic rings. The molecule has 1 amide bonds. The van der Waals surface area contributed by atoms with Gasteiger partial charge in [-0.3, -0.25) is 14.2 Å². The Morgan fingerprint density at radius 3 is 2.81 bits per heavy atom. The summed E-state index contributed by atoms with van der Waals surface area (Å²) >= 11 is 0. The number of benzene rings is 1. The van der Waals surface area contributed by atoms with Crippen molar-refractivity contribution in [1.29, 1.82) is 0 Å². The highest BCUT2D eigenvalue weighted by molar-refractivity contribution is 5.94. The molecule has 3 unspecified atom stereocenters. The van der Waals surface area contributed by atoms with Gasteiger partial charge in [0.25, 0.3) is 11.5 Å². The molecule has 6 nitrogen and oxygen atoms in total. The number of fused-ring (bicyclic) bond motifs is 3. The van der Waals surface area contributed by atoms with Crippen LogP contribution in [0.25, 0.3) is 0 Å². The van der Waals surface area contributed by atoms with E-state index in [1.807, 2.05) is 0 Å². The second-order valence-corrected chi connectivity index (χ2v) is 7.44. The maximum atomic E-state index is 13.0. The summed E-state index contributed by atoms with van der Waals surface area (Å²) < 4.78 is 14.4. The number of amides is 1. The van der Waals surface area contributed by atoms with Crippen molar-refractivity contribution in [3.63, 3.8) is 0 Å². The third-order valence-corrected chi connectivity index (χ3v) is 5.68. The largest absolute Gasteiger partial charge is 0.501 e. The van der Waals surface area contributed by atoms with Gasteiger partial charge in [0.2, 0.25) is 5.75 Å². The zero-order valence-corrected chi connectivity index (χ0v) is 14.8. The quantitative estimate of drug-likeness (QED) is 0.869. The van der Waals surface area contributed by atoms with Crippen LogP contribution < -0.4 is 10.9 Å². The fourth-order valence-electron chi connectivity index (χ4n) is 4.16. The van der Waals surface area contributed by atoms with E-state index in [-0.39, 0.29) is 24.0 Å². The minimum absolute atomic E-state index is 0.136.